The first kappa shape index (κ1) is 20.5. The Morgan fingerprint density at radius 1 is 1.06 bits per heavy atom. The molecule has 0 saturated carbocycles. The molecule has 0 radical (unpaired) electrons. The molecule has 0 spiro atoms. The molecule has 2 N–H and O–H groups in total. The van der Waals surface area contributed by atoms with E-state index in [4.69, 9.17) is 0 Å². The van der Waals surface area contributed by atoms with Gasteiger partial charge in [0.25, 0.3) is 0 Å². The molecule has 0 atom stereocenters. The largest absolute Gasteiger partial charge is 0.352 e. The van der Waals surface area contributed by atoms with E-state index in [0.29, 0.717) is 17.2 Å². The molecule has 31 heavy (non-hydrogen) atoms. The maximum absolute atomic E-state index is 12.6. The van der Waals surface area contributed by atoms with Crippen molar-refractivity contribution in [1.29, 1.82) is 0 Å². The number of nitrogens with zero attached hydrogens (tertiary/aromatic N) is 3. The van der Waals surface area contributed by atoms with Crippen molar-refractivity contribution in [3.05, 3.63) is 70.0 Å². The van der Waals surface area contributed by atoms with Crippen LogP contribution in [0, 0.1) is 0 Å². The van der Waals surface area contributed by atoms with Gasteiger partial charge in [0.05, 0.1) is 16.7 Å². The van der Waals surface area contributed by atoms with E-state index in [1.807, 2.05) is 53.9 Å². The minimum Gasteiger partial charge on any atom is -0.352 e. The predicted octanol–water partition coefficient (Wildman–Crippen LogP) is 2.74. The third-order valence-corrected chi connectivity index (χ3v) is 5.65. The first-order valence-electron chi connectivity index (χ1n) is 9.66. The van der Waals surface area contributed by atoms with Crippen LogP contribution in [0.4, 0.5) is 5.13 Å². The summed E-state index contributed by atoms with van der Waals surface area (Å²) in [5, 5.41) is 7.87. The summed E-state index contributed by atoms with van der Waals surface area (Å²) in [7, 11) is 1.69. The molecule has 0 bridgehead atoms. The van der Waals surface area contributed by atoms with Gasteiger partial charge in [0.1, 0.15) is 6.54 Å². The van der Waals surface area contributed by atoms with E-state index in [1.165, 1.54) is 27.4 Å². The van der Waals surface area contributed by atoms with Crippen LogP contribution in [0.1, 0.15) is 12.5 Å². The van der Waals surface area contributed by atoms with Crippen LogP contribution in [0.2, 0.25) is 0 Å². The summed E-state index contributed by atoms with van der Waals surface area (Å²) in [5.41, 5.74) is 3.89. The third-order valence-electron chi connectivity index (χ3n) is 4.90. The molecule has 0 aliphatic heterocycles. The molecule has 0 saturated heterocycles. The highest BCUT2D eigenvalue weighted by Crippen LogP contribution is 2.25. The van der Waals surface area contributed by atoms with E-state index < -0.39 is 0 Å². The number of aromatic nitrogens is 3. The lowest BCUT2D eigenvalue weighted by atomic mass is 10.1. The number of aryl methyl sites for hydroxylation is 1. The van der Waals surface area contributed by atoms with Crippen molar-refractivity contribution >= 4 is 39.3 Å². The molecule has 0 unspecified atom stereocenters. The van der Waals surface area contributed by atoms with Crippen molar-refractivity contribution in [3.63, 3.8) is 0 Å². The van der Waals surface area contributed by atoms with Crippen LogP contribution in [-0.4, -0.2) is 25.9 Å². The second kappa shape index (κ2) is 8.57. The van der Waals surface area contributed by atoms with Crippen molar-refractivity contribution < 1.29 is 9.59 Å². The van der Waals surface area contributed by atoms with Gasteiger partial charge in [-0.25, -0.2) is 9.78 Å². The first-order chi connectivity index (χ1) is 14.9. The summed E-state index contributed by atoms with van der Waals surface area (Å²) in [6, 6.07) is 15.1. The van der Waals surface area contributed by atoms with E-state index in [1.54, 1.807) is 7.05 Å². The average Bonchev–Trinajstić information content (AvgIpc) is 3.32. The number of anilines is 1. The number of imidazole rings is 1. The molecule has 8 nitrogen and oxygen atoms in total. The molecule has 2 heterocycles. The fraction of sp³-hybridized carbons (Fsp3) is 0.182. The summed E-state index contributed by atoms with van der Waals surface area (Å²) in [5.74, 6) is -0.389. The fourth-order valence-electron chi connectivity index (χ4n) is 3.30. The Morgan fingerprint density at radius 2 is 1.77 bits per heavy atom. The zero-order valence-electron chi connectivity index (χ0n) is 17.1. The number of rotatable bonds is 6. The van der Waals surface area contributed by atoms with Crippen LogP contribution in [0.25, 0.3) is 22.3 Å². The maximum atomic E-state index is 12.6. The Bertz CT molecular complexity index is 1320. The zero-order valence-corrected chi connectivity index (χ0v) is 17.9. The van der Waals surface area contributed by atoms with Gasteiger partial charge in [-0.2, -0.15) is 0 Å². The van der Waals surface area contributed by atoms with E-state index in [-0.39, 0.29) is 24.0 Å². The Kier molecular flexibility index (Phi) is 5.68. The normalized spacial score (nSPS) is 10.9. The Balaban J connectivity index is 1.45. The van der Waals surface area contributed by atoms with Gasteiger partial charge in [-0.1, -0.05) is 36.4 Å². The van der Waals surface area contributed by atoms with Gasteiger partial charge in [-0.3, -0.25) is 18.7 Å². The summed E-state index contributed by atoms with van der Waals surface area (Å²) in [4.78, 5) is 40.5. The van der Waals surface area contributed by atoms with Crippen molar-refractivity contribution in [1.82, 2.24) is 19.4 Å². The zero-order chi connectivity index (χ0) is 22.0. The number of nitrogens with one attached hydrogen (secondary N) is 2. The number of carbonyl (C=O) groups is 2. The van der Waals surface area contributed by atoms with Crippen LogP contribution in [0.3, 0.4) is 0 Å². The van der Waals surface area contributed by atoms with E-state index in [0.717, 1.165) is 22.3 Å². The van der Waals surface area contributed by atoms with Gasteiger partial charge >= 0.3 is 5.69 Å². The number of para-hydroxylation sites is 2. The molecule has 158 valence electrons. The highest BCUT2D eigenvalue weighted by molar-refractivity contribution is 7.14. The van der Waals surface area contributed by atoms with Crippen LogP contribution in [0.15, 0.2) is 58.7 Å². The molecule has 2 aromatic heterocycles. The van der Waals surface area contributed by atoms with Crippen LogP contribution >= 0.6 is 11.3 Å². The maximum Gasteiger partial charge on any atom is 0.329 e. The molecule has 9 heteroatoms. The standard InChI is InChI=1S/C22H21N5O3S/c1-14(28)23-11-15-7-9-16(10-8-15)17-13-31-21(24-17)25-20(29)12-27-19-6-4-3-5-18(19)26(2)22(27)30/h3-10,13H,11-12H2,1-2H3,(H,23,28)(H,24,25,29). The van der Waals surface area contributed by atoms with Gasteiger partial charge in [-0.05, 0) is 17.7 Å². The van der Waals surface area contributed by atoms with Crippen molar-refractivity contribution in [3.8, 4) is 11.3 Å². The molecule has 0 aliphatic carbocycles. The first-order valence-corrected chi connectivity index (χ1v) is 10.5. The van der Waals surface area contributed by atoms with Crippen LogP contribution in [0.5, 0.6) is 0 Å². The summed E-state index contributed by atoms with van der Waals surface area (Å²) in [6.07, 6.45) is 0. The number of fused-ring (bicyclic) bond motifs is 1. The topological polar surface area (TPSA) is 98.0 Å². The van der Waals surface area contributed by atoms with Crippen LogP contribution in [-0.2, 0) is 29.7 Å². The molecular formula is C22H21N5O3S. The van der Waals surface area contributed by atoms with Gasteiger partial charge in [0.2, 0.25) is 11.8 Å². The van der Waals surface area contributed by atoms with E-state index >= 15 is 0 Å². The second-order valence-corrected chi connectivity index (χ2v) is 7.97. The average molecular weight is 436 g/mol. The number of thiazole rings is 1. The molecule has 4 aromatic rings. The quantitative estimate of drug-likeness (QED) is 0.487. The number of carbonyl (C=O) groups excluding carboxylic acids is 2. The number of benzene rings is 2. The molecule has 2 aromatic carbocycles. The van der Waals surface area contributed by atoms with Crippen molar-refractivity contribution in [2.75, 3.05) is 5.32 Å². The molecule has 0 fully saturated rings. The van der Waals surface area contributed by atoms with Crippen molar-refractivity contribution in [2.24, 2.45) is 7.05 Å². The number of amides is 2. The summed E-state index contributed by atoms with van der Waals surface area (Å²) >= 11 is 1.32. The minimum atomic E-state index is -0.315. The lowest BCUT2D eigenvalue weighted by molar-refractivity contribution is -0.119. The van der Waals surface area contributed by atoms with Crippen molar-refractivity contribution in [2.45, 2.75) is 20.0 Å². The van der Waals surface area contributed by atoms with Gasteiger partial charge in [0, 0.05) is 31.5 Å². The third kappa shape index (κ3) is 4.41. The number of hydrogen-bond donors (Lipinski definition) is 2. The molecule has 4 rings (SSSR count). The van der Waals surface area contributed by atoms with E-state index in [9.17, 15) is 14.4 Å². The van der Waals surface area contributed by atoms with Crippen LogP contribution < -0.4 is 16.3 Å². The fourth-order valence-corrected chi connectivity index (χ4v) is 4.04. The van der Waals surface area contributed by atoms with Gasteiger partial charge in [-0.15, -0.1) is 11.3 Å². The lowest BCUT2D eigenvalue weighted by Gasteiger charge is -2.04. The smallest absolute Gasteiger partial charge is 0.329 e. The van der Waals surface area contributed by atoms with Gasteiger partial charge < -0.3 is 10.6 Å². The minimum absolute atomic E-state index is 0.0743. The highest BCUT2D eigenvalue weighted by Gasteiger charge is 2.14. The lowest BCUT2D eigenvalue weighted by Crippen LogP contribution is -2.28. The molecular weight excluding hydrogens is 414 g/mol. The monoisotopic (exact) mass is 435 g/mol. The van der Waals surface area contributed by atoms with E-state index in [2.05, 4.69) is 15.6 Å². The second-order valence-electron chi connectivity index (χ2n) is 7.11. The van der Waals surface area contributed by atoms with Gasteiger partial charge in [0.15, 0.2) is 5.13 Å². The molecule has 0 aliphatic rings. The summed E-state index contributed by atoms with van der Waals surface area (Å²) < 4.78 is 2.98. The summed E-state index contributed by atoms with van der Waals surface area (Å²) in [6.45, 7) is 1.87. The number of hydrogen-bond acceptors (Lipinski definition) is 5. The predicted molar refractivity (Wildman–Crippen MR) is 121 cm³/mol. The Labute approximate surface area is 182 Å². The molecule has 2 amide bonds. The highest BCUT2D eigenvalue weighted by atomic mass is 32.1. The Morgan fingerprint density at radius 3 is 2.48 bits per heavy atom. The Hall–Kier alpha value is -3.72. The SMILES string of the molecule is CC(=O)NCc1ccc(-c2csc(NC(=O)Cn3c(=O)n(C)c4ccccc43)n2)cc1.